The third-order valence-corrected chi connectivity index (χ3v) is 4.21. The van der Waals surface area contributed by atoms with Crippen LogP contribution >= 0.6 is 0 Å². The summed E-state index contributed by atoms with van der Waals surface area (Å²) in [6.45, 7) is 1.87. The maximum absolute atomic E-state index is 10.7. The molecule has 0 aromatic carbocycles. The number of pyridine rings is 1. The summed E-state index contributed by atoms with van der Waals surface area (Å²) in [5.41, 5.74) is 1.94. The summed E-state index contributed by atoms with van der Waals surface area (Å²) in [4.78, 5) is 26.1. The Hall–Kier alpha value is -2.50. The van der Waals surface area contributed by atoms with Gasteiger partial charge in [-0.2, -0.15) is 0 Å². The van der Waals surface area contributed by atoms with E-state index in [9.17, 15) is 4.79 Å². The lowest BCUT2D eigenvalue weighted by Crippen LogP contribution is -2.33. The lowest BCUT2D eigenvalue weighted by molar-refractivity contribution is -0.136. The SMILES string of the molecule is O=C(O)CCc1cccc(C2CCN(c3cnccn3)CC2)n1. The molecule has 23 heavy (non-hydrogen) atoms. The number of nitrogens with zero attached hydrogens (tertiary/aromatic N) is 4. The molecule has 6 nitrogen and oxygen atoms in total. The Kier molecular flexibility index (Phi) is 4.80. The topological polar surface area (TPSA) is 79.2 Å². The fraction of sp³-hybridized carbons (Fsp3) is 0.412. The first kappa shape index (κ1) is 15.4. The molecule has 6 heteroatoms. The van der Waals surface area contributed by atoms with Crippen molar-refractivity contribution in [1.29, 1.82) is 0 Å². The summed E-state index contributed by atoms with van der Waals surface area (Å²) in [7, 11) is 0. The quantitative estimate of drug-likeness (QED) is 0.912. The van der Waals surface area contributed by atoms with Crippen LogP contribution in [0.3, 0.4) is 0 Å². The lowest BCUT2D eigenvalue weighted by Gasteiger charge is -2.32. The van der Waals surface area contributed by atoms with E-state index in [4.69, 9.17) is 5.11 Å². The fourth-order valence-corrected chi connectivity index (χ4v) is 2.96. The van der Waals surface area contributed by atoms with E-state index in [0.29, 0.717) is 12.3 Å². The maximum Gasteiger partial charge on any atom is 0.303 e. The molecule has 3 rings (SSSR count). The van der Waals surface area contributed by atoms with Gasteiger partial charge in [-0.1, -0.05) is 6.07 Å². The van der Waals surface area contributed by atoms with Crippen LogP contribution in [0, 0.1) is 0 Å². The Morgan fingerprint density at radius 2 is 2.09 bits per heavy atom. The van der Waals surface area contributed by atoms with E-state index in [1.54, 1.807) is 18.6 Å². The Morgan fingerprint density at radius 1 is 1.26 bits per heavy atom. The normalized spacial score (nSPS) is 15.6. The first-order valence-corrected chi connectivity index (χ1v) is 7.91. The summed E-state index contributed by atoms with van der Waals surface area (Å²) in [6.07, 6.45) is 7.85. The van der Waals surface area contributed by atoms with Crippen LogP contribution in [0.5, 0.6) is 0 Å². The van der Waals surface area contributed by atoms with Crippen LogP contribution in [0.2, 0.25) is 0 Å². The molecule has 0 radical (unpaired) electrons. The number of hydrogen-bond acceptors (Lipinski definition) is 5. The van der Waals surface area contributed by atoms with Gasteiger partial charge in [-0.05, 0) is 25.0 Å². The number of carbonyl (C=O) groups is 1. The molecule has 1 aliphatic rings. The second kappa shape index (κ2) is 7.17. The van der Waals surface area contributed by atoms with Gasteiger partial charge in [0, 0.05) is 49.2 Å². The standard InChI is InChI=1S/C17H20N4O2/c22-17(23)5-4-14-2-1-3-15(20-14)13-6-10-21(11-7-13)16-12-18-8-9-19-16/h1-3,8-9,12-13H,4-7,10-11H2,(H,22,23). The highest BCUT2D eigenvalue weighted by atomic mass is 16.4. The van der Waals surface area contributed by atoms with Crippen molar-refractivity contribution in [3.05, 3.63) is 48.2 Å². The molecule has 1 fully saturated rings. The number of anilines is 1. The molecule has 0 unspecified atom stereocenters. The Morgan fingerprint density at radius 3 is 2.78 bits per heavy atom. The fourth-order valence-electron chi connectivity index (χ4n) is 2.96. The number of aryl methyl sites for hydroxylation is 1. The number of rotatable bonds is 5. The van der Waals surface area contributed by atoms with Gasteiger partial charge in [0.2, 0.25) is 0 Å². The van der Waals surface area contributed by atoms with Gasteiger partial charge in [-0.25, -0.2) is 4.98 Å². The van der Waals surface area contributed by atoms with Crippen LogP contribution in [-0.2, 0) is 11.2 Å². The molecule has 0 atom stereocenters. The Bertz CT molecular complexity index is 655. The highest BCUT2D eigenvalue weighted by Gasteiger charge is 2.22. The van der Waals surface area contributed by atoms with Gasteiger partial charge in [0.15, 0.2) is 0 Å². The highest BCUT2D eigenvalue weighted by Crippen LogP contribution is 2.28. The predicted molar refractivity (Wildman–Crippen MR) is 86.4 cm³/mol. The largest absolute Gasteiger partial charge is 0.481 e. The first-order chi connectivity index (χ1) is 11.2. The number of aliphatic carboxylic acids is 1. The number of carboxylic acids is 1. The second-order valence-electron chi connectivity index (χ2n) is 5.77. The van der Waals surface area contributed by atoms with Crippen LogP contribution in [0.4, 0.5) is 5.82 Å². The van der Waals surface area contributed by atoms with Gasteiger partial charge in [-0.3, -0.25) is 14.8 Å². The van der Waals surface area contributed by atoms with E-state index in [2.05, 4.69) is 19.9 Å². The van der Waals surface area contributed by atoms with E-state index in [1.807, 2.05) is 18.2 Å². The monoisotopic (exact) mass is 312 g/mol. The van der Waals surface area contributed by atoms with Crippen molar-refractivity contribution >= 4 is 11.8 Å². The van der Waals surface area contributed by atoms with Gasteiger partial charge in [-0.15, -0.1) is 0 Å². The average Bonchev–Trinajstić information content (AvgIpc) is 2.61. The van der Waals surface area contributed by atoms with Crippen LogP contribution in [0.15, 0.2) is 36.8 Å². The minimum absolute atomic E-state index is 0.127. The summed E-state index contributed by atoms with van der Waals surface area (Å²) in [6, 6.07) is 5.93. The molecular weight excluding hydrogens is 292 g/mol. The molecular formula is C17H20N4O2. The van der Waals surface area contributed by atoms with Crippen molar-refractivity contribution in [2.75, 3.05) is 18.0 Å². The van der Waals surface area contributed by atoms with Crippen LogP contribution < -0.4 is 4.90 Å². The van der Waals surface area contributed by atoms with Gasteiger partial charge in [0.05, 0.1) is 12.6 Å². The van der Waals surface area contributed by atoms with Gasteiger partial charge >= 0.3 is 5.97 Å². The predicted octanol–water partition coefficient (Wildman–Crippen LogP) is 2.27. The molecule has 1 saturated heterocycles. The average molecular weight is 312 g/mol. The van der Waals surface area contributed by atoms with E-state index in [-0.39, 0.29) is 6.42 Å². The second-order valence-corrected chi connectivity index (χ2v) is 5.77. The molecule has 2 aromatic heterocycles. The molecule has 2 aromatic rings. The number of aromatic nitrogens is 3. The molecule has 0 saturated carbocycles. The number of piperidine rings is 1. The summed E-state index contributed by atoms with van der Waals surface area (Å²) < 4.78 is 0. The van der Waals surface area contributed by atoms with E-state index in [0.717, 1.165) is 43.1 Å². The van der Waals surface area contributed by atoms with Crippen molar-refractivity contribution in [3.63, 3.8) is 0 Å². The third kappa shape index (κ3) is 4.03. The minimum atomic E-state index is -0.783. The van der Waals surface area contributed by atoms with E-state index < -0.39 is 5.97 Å². The van der Waals surface area contributed by atoms with Gasteiger partial charge < -0.3 is 10.0 Å². The Balaban J connectivity index is 1.61. The number of carboxylic acid groups (broad SMARTS) is 1. The zero-order valence-electron chi connectivity index (χ0n) is 12.9. The highest BCUT2D eigenvalue weighted by molar-refractivity contribution is 5.66. The lowest BCUT2D eigenvalue weighted by atomic mass is 9.93. The van der Waals surface area contributed by atoms with Crippen LogP contribution in [-0.4, -0.2) is 39.1 Å². The van der Waals surface area contributed by atoms with Gasteiger partial charge in [0.1, 0.15) is 5.82 Å². The first-order valence-electron chi connectivity index (χ1n) is 7.91. The van der Waals surface area contributed by atoms with Crippen molar-refractivity contribution in [2.24, 2.45) is 0 Å². The molecule has 0 bridgehead atoms. The van der Waals surface area contributed by atoms with Crippen LogP contribution in [0.25, 0.3) is 0 Å². The molecule has 0 aliphatic carbocycles. The summed E-state index contributed by atoms with van der Waals surface area (Å²) >= 11 is 0. The molecule has 0 spiro atoms. The zero-order chi connectivity index (χ0) is 16.1. The minimum Gasteiger partial charge on any atom is -0.481 e. The maximum atomic E-state index is 10.7. The van der Waals surface area contributed by atoms with Crippen molar-refractivity contribution in [3.8, 4) is 0 Å². The van der Waals surface area contributed by atoms with Crippen LogP contribution in [0.1, 0.15) is 36.6 Å². The van der Waals surface area contributed by atoms with E-state index >= 15 is 0 Å². The molecule has 1 aliphatic heterocycles. The molecule has 3 heterocycles. The van der Waals surface area contributed by atoms with Crippen molar-refractivity contribution in [1.82, 2.24) is 15.0 Å². The zero-order valence-corrected chi connectivity index (χ0v) is 12.9. The molecule has 120 valence electrons. The summed E-state index contributed by atoms with van der Waals surface area (Å²) in [5, 5.41) is 8.79. The Labute approximate surface area is 135 Å². The van der Waals surface area contributed by atoms with Crippen molar-refractivity contribution in [2.45, 2.75) is 31.6 Å². The summed E-state index contributed by atoms with van der Waals surface area (Å²) in [5.74, 6) is 0.566. The smallest absolute Gasteiger partial charge is 0.303 e. The van der Waals surface area contributed by atoms with E-state index in [1.165, 1.54) is 0 Å². The molecule has 0 amide bonds. The number of hydrogen-bond donors (Lipinski definition) is 1. The molecule has 1 N–H and O–H groups in total. The van der Waals surface area contributed by atoms with Gasteiger partial charge in [0.25, 0.3) is 0 Å². The third-order valence-electron chi connectivity index (χ3n) is 4.21. The van der Waals surface area contributed by atoms with Crippen molar-refractivity contribution < 1.29 is 9.90 Å².